The normalized spacial score (nSPS) is 23.8. The third-order valence-electron chi connectivity index (χ3n) is 2.69. The number of rotatable bonds is 2. The summed E-state index contributed by atoms with van der Waals surface area (Å²) in [5.41, 5.74) is 2.07. The zero-order chi connectivity index (χ0) is 10.1. The molecule has 2 unspecified atom stereocenters. The van der Waals surface area contributed by atoms with E-state index in [1.54, 1.807) is 7.11 Å². The van der Waals surface area contributed by atoms with Gasteiger partial charge in [-0.1, -0.05) is 0 Å². The quantitative estimate of drug-likeness (QED) is 0.539. The second-order valence-electron chi connectivity index (χ2n) is 3.55. The largest absolute Gasteiger partial charge is 0.497 e. The Morgan fingerprint density at radius 1 is 1.57 bits per heavy atom. The zero-order valence-corrected chi connectivity index (χ0v) is 8.28. The van der Waals surface area contributed by atoms with E-state index in [4.69, 9.17) is 4.74 Å². The van der Waals surface area contributed by atoms with E-state index in [1.807, 2.05) is 26.0 Å². The van der Waals surface area contributed by atoms with Gasteiger partial charge >= 0.3 is 0 Å². The lowest BCUT2D eigenvalue weighted by Crippen LogP contribution is -2.21. The molecule has 0 bridgehead atoms. The summed E-state index contributed by atoms with van der Waals surface area (Å²) < 4.78 is 5.12. The Bertz CT molecular complexity index is 367. The van der Waals surface area contributed by atoms with Crippen LogP contribution < -0.4 is 10.1 Å². The molecule has 2 rings (SSSR count). The summed E-state index contributed by atoms with van der Waals surface area (Å²) >= 11 is 0. The van der Waals surface area contributed by atoms with Gasteiger partial charge < -0.3 is 14.8 Å². The third-order valence-corrected chi connectivity index (χ3v) is 2.69. The van der Waals surface area contributed by atoms with Gasteiger partial charge in [0.05, 0.1) is 13.0 Å². The molecule has 1 aliphatic rings. The van der Waals surface area contributed by atoms with Crippen LogP contribution in [-0.4, -0.2) is 27.2 Å². The molecule has 0 fully saturated rings. The highest BCUT2D eigenvalue weighted by atomic mass is 16.5. The predicted molar refractivity (Wildman–Crippen MR) is 57.8 cm³/mol. The molecule has 0 aliphatic carbocycles. The minimum atomic E-state index is -0.0555. The Morgan fingerprint density at radius 3 is 3.00 bits per heavy atom. The number of fused-ring (bicyclic) bond motifs is 1. The second kappa shape index (κ2) is 3.37. The Hall–Kier alpha value is -1.45. The molecular weight excluding hydrogens is 177 g/mol. The molecule has 1 aliphatic heterocycles. The van der Waals surface area contributed by atoms with Crippen molar-refractivity contribution in [3.8, 4) is 5.75 Å². The molecule has 0 saturated heterocycles. The van der Waals surface area contributed by atoms with E-state index in [0.717, 1.165) is 23.3 Å². The number of carbonyl (C=O) groups excluding carboxylic acids is 1. The lowest BCUT2D eigenvalue weighted by molar-refractivity contribution is -0.108. The van der Waals surface area contributed by atoms with Gasteiger partial charge in [0.1, 0.15) is 19.9 Å². The monoisotopic (exact) mass is 189 g/mol. The number of nitrogens with one attached hydrogen (secondary N) is 1. The van der Waals surface area contributed by atoms with Crippen molar-refractivity contribution in [2.45, 2.75) is 11.9 Å². The number of anilines is 1. The molecular formula is C10H12BNO2. The lowest BCUT2D eigenvalue weighted by Gasteiger charge is -2.07. The Labute approximate surface area is 83.9 Å². The van der Waals surface area contributed by atoms with E-state index < -0.39 is 0 Å². The standard InChI is InChI=1S/C10H12BNO2/c1-14-6-2-3-9-7(4-6)8(5-13)10(11)12-9/h2-5,8,10,12H,11H2,1H3. The van der Waals surface area contributed by atoms with Crippen LogP contribution in [-0.2, 0) is 4.79 Å². The van der Waals surface area contributed by atoms with E-state index in [1.165, 1.54) is 0 Å². The van der Waals surface area contributed by atoms with Crippen LogP contribution in [0.25, 0.3) is 0 Å². The van der Waals surface area contributed by atoms with Gasteiger partial charge in [0.15, 0.2) is 0 Å². The summed E-state index contributed by atoms with van der Waals surface area (Å²) in [5.74, 6) is 0.918. The SMILES string of the molecule is BC1Nc2ccc(OC)cc2C1C=O. The van der Waals surface area contributed by atoms with Gasteiger partial charge in [-0.05, 0) is 23.8 Å². The van der Waals surface area contributed by atoms with Gasteiger partial charge in [-0.15, -0.1) is 0 Å². The molecule has 3 nitrogen and oxygen atoms in total. The molecule has 1 heterocycles. The average Bonchev–Trinajstić information content (AvgIpc) is 2.52. The van der Waals surface area contributed by atoms with Crippen LogP contribution in [0.5, 0.6) is 5.75 Å². The Balaban J connectivity index is 2.44. The Kier molecular flexibility index (Phi) is 2.19. The predicted octanol–water partition coefficient (Wildman–Crippen LogP) is 0.362. The first-order valence-electron chi connectivity index (χ1n) is 4.66. The van der Waals surface area contributed by atoms with Crippen LogP contribution in [0.1, 0.15) is 11.5 Å². The summed E-state index contributed by atoms with van der Waals surface area (Å²) in [7, 11) is 3.63. The minimum Gasteiger partial charge on any atom is -0.497 e. The second-order valence-corrected chi connectivity index (χ2v) is 3.55. The molecule has 1 aromatic rings. The summed E-state index contributed by atoms with van der Waals surface area (Å²) in [6.07, 6.45) is 0.989. The number of aldehydes is 1. The van der Waals surface area contributed by atoms with Gasteiger partial charge in [0.2, 0.25) is 0 Å². The molecule has 2 atom stereocenters. The fourth-order valence-corrected chi connectivity index (χ4v) is 1.87. The smallest absolute Gasteiger partial charge is 0.131 e. The molecule has 72 valence electrons. The number of methoxy groups -OCH3 is 1. The van der Waals surface area contributed by atoms with Crippen LogP contribution >= 0.6 is 0 Å². The number of hydrogen-bond acceptors (Lipinski definition) is 3. The van der Waals surface area contributed by atoms with Crippen LogP contribution in [0.2, 0.25) is 0 Å². The van der Waals surface area contributed by atoms with Gasteiger partial charge in [-0.2, -0.15) is 0 Å². The van der Waals surface area contributed by atoms with Crippen molar-refractivity contribution >= 4 is 19.8 Å². The first kappa shape index (κ1) is 9.12. The maximum atomic E-state index is 10.9. The van der Waals surface area contributed by atoms with E-state index in [0.29, 0.717) is 0 Å². The van der Waals surface area contributed by atoms with Crippen LogP contribution in [0.15, 0.2) is 18.2 Å². The molecule has 4 heteroatoms. The van der Waals surface area contributed by atoms with Crippen molar-refractivity contribution in [1.82, 2.24) is 0 Å². The van der Waals surface area contributed by atoms with Crippen molar-refractivity contribution in [3.63, 3.8) is 0 Å². The first-order chi connectivity index (χ1) is 6.76. The van der Waals surface area contributed by atoms with Gasteiger partial charge in [0, 0.05) is 11.6 Å². The molecule has 0 radical (unpaired) electrons. The summed E-state index contributed by atoms with van der Waals surface area (Å²) in [4.78, 5) is 10.9. The van der Waals surface area contributed by atoms with Gasteiger partial charge in [-0.3, -0.25) is 0 Å². The molecule has 1 N–H and O–H groups in total. The molecule has 1 aromatic carbocycles. The summed E-state index contributed by atoms with van der Waals surface area (Å²) in [5, 5.41) is 3.26. The molecule has 0 aromatic heterocycles. The maximum Gasteiger partial charge on any atom is 0.131 e. The lowest BCUT2D eigenvalue weighted by atomic mass is 9.84. The number of carbonyl (C=O) groups is 1. The molecule has 0 saturated carbocycles. The minimum absolute atomic E-state index is 0.0555. The van der Waals surface area contributed by atoms with Crippen molar-refractivity contribution in [1.29, 1.82) is 0 Å². The van der Waals surface area contributed by atoms with Gasteiger partial charge in [0.25, 0.3) is 0 Å². The third kappa shape index (κ3) is 1.27. The van der Waals surface area contributed by atoms with E-state index in [-0.39, 0.29) is 11.9 Å². The van der Waals surface area contributed by atoms with Crippen molar-refractivity contribution in [3.05, 3.63) is 23.8 Å². The fourth-order valence-electron chi connectivity index (χ4n) is 1.87. The first-order valence-corrected chi connectivity index (χ1v) is 4.66. The molecule has 0 spiro atoms. The van der Waals surface area contributed by atoms with E-state index >= 15 is 0 Å². The van der Waals surface area contributed by atoms with Gasteiger partial charge in [-0.25, -0.2) is 0 Å². The van der Waals surface area contributed by atoms with E-state index in [9.17, 15) is 4.79 Å². The number of ether oxygens (including phenoxy) is 1. The molecule has 0 amide bonds. The van der Waals surface area contributed by atoms with Crippen molar-refractivity contribution in [2.24, 2.45) is 0 Å². The topological polar surface area (TPSA) is 38.3 Å². The zero-order valence-electron chi connectivity index (χ0n) is 8.28. The summed E-state index contributed by atoms with van der Waals surface area (Å²) in [6, 6.07) is 5.77. The van der Waals surface area contributed by atoms with Crippen molar-refractivity contribution < 1.29 is 9.53 Å². The number of hydrogen-bond donors (Lipinski definition) is 1. The average molecular weight is 189 g/mol. The highest BCUT2D eigenvalue weighted by Gasteiger charge is 2.28. The highest BCUT2D eigenvalue weighted by molar-refractivity contribution is 6.16. The maximum absolute atomic E-state index is 10.9. The summed E-state index contributed by atoms with van der Waals surface area (Å²) in [6.45, 7) is 0. The van der Waals surface area contributed by atoms with Crippen LogP contribution in [0.3, 0.4) is 0 Å². The van der Waals surface area contributed by atoms with Crippen molar-refractivity contribution in [2.75, 3.05) is 12.4 Å². The fraction of sp³-hybridized carbons (Fsp3) is 0.300. The van der Waals surface area contributed by atoms with Crippen LogP contribution in [0, 0.1) is 0 Å². The molecule has 14 heavy (non-hydrogen) atoms. The number of benzene rings is 1. The van der Waals surface area contributed by atoms with Crippen LogP contribution in [0.4, 0.5) is 5.69 Å². The van der Waals surface area contributed by atoms with E-state index in [2.05, 4.69) is 5.32 Å². The Morgan fingerprint density at radius 2 is 2.36 bits per heavy atom. The highest BCUT2D eigenvalue weighted by Crippen LogP contribution is 2.35.